The molecule has 0 atom stereocenters. The van der Waals surface area contributed by atoms with E-state index in [1.165, 1.54) is 55.3 Å². The minimum atomic E-state index is 1.03. The molecular weight excluding hydrogens is 386 g/mol. The lowest BCUT2D eigenvalue weighted by Gasteiger charge is -2.26. The molecule has 1 aliphatic rings. The summed E-state index contributed by atoms with van der Waals surface area (Å²) < 4.78 is 0. The van der Waals surface area contributed by atoms with Gasteiger partial charge in [0.2, 0.25) is 0 Å². The minimum Gasteiger partial charge on any atom is -0.247 e. The molecular formula is C31H25N. The molecule has 4 aromatic carbocycles. The Bertz CT molecular complexity index is 1480. The van der Waals surface area contributed by atoms with Crippen molar-refractivity contribution >= 4 is 10.8 Å². The molecule has 1 aliphatic carbocycles. The summed E-state index contributed by atoms with van der Waals surface area (Å²) in [7, 11) is 0. The zero-order valence-corrected chi connectivity index (χ0v) is 18.5. The Morgan fingerprint density at radius 1 is 0.625 bits per heavy atom. The van der Waals surface area contributed by atoms with Crippen molar-refractivity contribution in [2.75, 3.05) is 0 Å². The third kappa shape index (κ3) is 2.89. The van der Waals surface area contributed by atoms with Crippen LogP contribution in [0.15, 0.2) is 91.0 Å². The van der Waals surface area contributed by atoms with Crippen molar-refractivity contribution in [1.82, 2.24) is 4.98 Å². The van der Waals surface area contributed by atoms with E-state index in [9.17, 15) is 0 Å². The average Bonchev–Trinajstić information content (AvgIpc) is 2.84. The van der Waals surface area contributed by atoms with Crippen molar-refractivity contribution in [2.24, 2.45) is 0 Å². The van der Waals surface area contributed by atoms with Gasteiger partial charge in [0.15, 0.2) is 0 Å². The molecule has 1 aromatic heterocycles. The van der Waals surface area contributed by atoms with Crippen LogP contribution in [0.25, 0.3) is 44.4 Å². The summed E-state index contributed by atoms with van der Waals surface area (Å²) in [5, 5.41) is 2.53. The van der Waals surface area contributed by atoms with Crippen LogP contribution in [0.2, 0.25) is 0 Å². The van der Waals surface area contributed by atoms with E-state index in [-0.39, 0.29) is 0 Å². The molecule has 0 saturated heterocycles. The van der Waals surface area contributed by atoms with Gasteiger partial charge in [-0.2, -0.15) is 0 Å². The molecule has 5 aromatic rings. The van der Waals surface area contributed by atoms with E-state index in [1.807, 2.05) is 0 Å². The Morgan fingerprint density at radius 2 is 1.38 bits per heavy atom. The monoisotopic (exact) mass is 411 g/mol. The molecule has 1 nitrogen and oxygen atoms in total. The highest BCUT2D eigenvalue weighted by Gasteiger charge is 2.25. The molecule has 0 bridgehead atoms. The summed E-state index contributed by atoms with van der Waals surface area (Å²) >= 11 is 0. The van der Waals surface area contributed by atoms with Crippen molar-refractivity contribution in [3.05, 3.63) is 113 Å². The molecule has 32 heavy (non-hydrogen) atoms. The van der Waals surface area contributed by atoms with E-state index >= 15 is 0 Å². The molecule has 0 N–H and O–H groups in total. The van der Waals surface area contributed by atoms with Gasteiger partial charge in [0, 0.05) is 11.1 Å². The first-order valence-corrected chi connectivity index (χ1v) is 11.4. The van der Waals surface area contributed by atoms with Crippen molar-refractivity contribution in [3.63, 3.8) is 0 Å². The van der Waals surface area contributed by atoms with Crippen LogP contribution in [0.5, 0.6) is 0 Å². The Morgan fingerprint density at radius 3 is 2.25 bits per heavy atom. The van der Waals surface area contributed by atoms with E-state index in [1.54, 1.807) is 0 Å². The maximum Gasteiger partial charge on any atom is 0.0753 e. The fourth-order valence-corrected chi connectivity index (χ4v) is 5.36. The molecule has 0 saturated carbocycles. The molecule has 1 heterocycles. The fourth-order valence-electron chi connectivity index (χ4n) is 5.36. The van der Waals surface area contributed by atoms with Crippen molar-refractivity contribution in [3.8, 4) is 33.6 Å². The van der Waals surface area contributed by atoms with Gasteiger partial charge in [-0.1, -0.05) is 91.0 Å². The van der Waals surface area contributed by atoms with Crippen molar-refractivity contribution in [2.45, 2.75) is 26.7 Å². The van der Waals surface area contributed by atoms with Crippen LogP contribution >= 0.6 is 0 Å². The summed E-state index contributed by atoms with van der Waals surface area (Å²) in [4.78, 5) is 5.42. The lowest BCUT2D eigenvalue weighted by Crippen LogP contribution is -2.10. The summed E-state index contributed by atoms with van der Waals surface area (Å²) in [6.45, 7) is 4.46. The summed E-state index contributed by atoms with van der Waals surface area (Å²) in [5.41, 5.74) is 12.7. The van der Waals surface area contributed by atoms with E-state index < -0.39 is 0 Å². The number of rotatable bonds is 2. The lowest BCUT2D eigenvalue weighted by molar-refractivity contribution is 0.927. The highest BCUT2D eigenvalue weighted by Crippen LogP contribution is 2.44. The first kappa shape index (κ1) is 19.0. The van der Waals surface area contributed by atoms with Crippen molar-refractivity contribution in [1.29, 1.82) is 0 Å². The number of hydrogen-bond donors (Lipinski definition) is 0. The quantitative estimate of drug-likeness (QED) is 0.287. The summed E-state index contributed by atoms with van der Waals surface area (Å²) in [6.07, 6.45) is 2.09. The predicted octanol–water partition coefficient (Wildman–Crippen LogP) is 7.95. The normalized spacial score (nSPS) is 12.4. The number of benzene rings is 4. The molecule has 1 heteroatoms. The summed E-state index contributed by atoms with van der Waals surface area (Å²) in [5.74, 6) is 0. The van der Waals surface area contributed by atoms with Gasteiger partial charge in [0.25, 0.3) is 0 Å². The largest absolute Gasteiger partial charge is 0.247 e. The maximum absolute atomic E-state index is 5.42. The van der Waals surface area contributed by atoms with E-state index in [4.69, 9.17) is 4.98 Å². The van der Waals surface area contributed by atoms with Crippen LogP contribution in [0.4, 0.5) is 0 Å². The van der Waals surface area contributed by atoms with Gasteiger partial charge in [-0.25, -0.2) is 4.98 Å². The second-order valence-electron chi connectivity index (χ2n) is 8.79. The molecule has 0 radical (unpaired) electrons. The van der Waals surface area contributed by atoms with Crippen LogP contribution in [-0.4, -0.2) is 4.98 Å². The number of nitrogens with zero attached hydrogens (tertiary/aromatic N) is 1. The number of hydrogen-bond acceptors (Lipinski definition) is 1. The SMILES string of the molecule is Cc1ccc2ccccc2c1-c1nc2c(c(-c3ccccc3)c1C)CCc1ccccc1-2. The van der Waals surface area contributed by atoms with Crippen LogP contribution < -0.4 is 0 Å². The third-order valence-electron chi connectivity index (χ3n) is 6.89. The highest BCUT2D eigenvalue weighted by atomic mass is 14.7. The van der Waals surface area contributed by atoms with Gasteiger partial charge >= 0.3 is 0 Å². The Hall–Kier alpha value is -3.71. The zero-order valence-electron chi connectivity index (χ0n) is 18.5. The third-order valence-corrected chi connectivity index (χ3v) is 6.89. The Balaban J connectivity index is 1.75. The zero-order chi connectivity index (χ0) is 21.7. The minimum absolute atomic E-state index is 1.03. The standard InChI is InChI=1S/C31H25N/c1-20-16-17-22-10-6-8-14-25(22)28(20)30-21(2)29(24-12-4-3-5-13-24)27-19-18-23-11-7-9-15-26(23)31(27)32-30/h3-17H,18-19H2,1-2H3. The summed E-state index contributed by atoms with van der Waals surface area (Å²) in [6, 6.07) is 32.7. The Kier molecular flexibility index (Phi) is 4.43. The second kappa shape index (κ2) is 7.46. The smallest absolute Gasteiger partial charge is 0.0753 e. The topological polar surface area (TPSA) is 12.9 Å². The second-order valence-corrected chi connectivity index (χ2v) is 8.79. The lowest BCUT2D eigenvalue weighted by atomic mass is 9.81. The predicted molar refractivity (Wildman–Crippen MR) is 135 cm³/mol. The van der Waals surface area contributed by atoms with Gasteiger partial charge in [0.1, 0.15) is 0 Å². The van der Waals surface area contributed by atoms with Gasteiger partial charge in [-0.3, -0.25) is 0 Å². The number of aromatic nitrogens is 1. The van der Waals surface area contributed by atoms with E-state index in [0.29, 0.717) is 0 Å². The van der Waals surface area contributed by atoms with Crippen LogP contribution in [0.3, 0.4) is 0 Å². The van der Waals surface area contributed by atoms with Gasteiger partial charge < -0.3 is 0 Å². The van der Waals surface area contributed by atoms with E-state index in [0.717, 1.165) is 24.2 Å². The molecule has 6 rings (SSSR count). The first-order chi connectivity index (χ1) is 15.7. The fraction of sp³-hybridized carbons (Fsp3) is 0.129. The molecule has 0 aliphatic heterocycles. The highest BCUT2D eigenvalue weighted by molar-refractivity contribution is 6.00. The van der Waals surface area contributed by atoms with Crippen LogP contribution in [-0.2, 0) is 12.8 Å². The number of pyridine rings is 1. The van der Waals surface area contributed by atoms with Crippen LogP contribution in [0, 0.1) is 13.8 Å². The van der Waals surface area contributed by atoms with Crippen molar-refractivity contribution < 1.29 is 0 Å². The molecule has 0 spiro atoms. The van der Waals surface area contributed by atoms with Gasteiger partial charge in [-0.05, 0) is 70.8 Å². The maximum atomic E-state index is 5.42. The number of fused-ring (bicyclic) bond motifs is 4. The molecule has 0 amide bonds. The van der Waals surface area contributed by atoms with Gasteiger partial charge in [-0.15, -0.1) is 0 Å². The first-order valence-electron chi connectivity index (χ1n) is 11.4. The van der Waals surface area contributed by atoms with E-state index in [2.05, 4.69) is 105 Å². The van der Waals surface area contributed by atoms with Gasteiger partial charge in [0.05, 0.1) is 11.4 Å². The average molecular weight is 412 g/mol. The molecule has 0 unspecified atom stereocenters. The molecule has 154 valence electrons. The van der Waals surface area contributed by atoms with Crippen LogP contribution in [0.1, 0.15) is 22.3 Å². The molecule has 0 fully saturated rings. The number of aryl methyl sites for hydroxylation is 2. The Labute approximate surface area is 189 Å².